The van der Waals surface area contributed by atoms with Crippen LogP contribution in [-0.4, -0.2) is 34.7 Å². The number of hydrogen-bond donors (Lipinski definition) is 2. The van der Waals surface area contributed by atoms with Gasteiger partial charge in [0, 0.05) is 23.6 Å². The van der Waals surface area contributed by atoms with E-state index < -0.39 is 11.6 Å². The number of fused-ring (bicyclic) bond motifs is 1. The Kier molecular flexibility index (Phi) is 2.91. The summed E-state index contributed by atoms with van der Waals surface area (Å²) in [6.07, 6.45) is 0.304. The van der Waals surface area contributed by atoms with E-state index in [1.165, 1.54) is 23.1 Å². The van der Waals surface area contributed by atoms with Gasteiger partial charge in [-0.05, 0) is 18.2 Å². The second-order valence-corrected chi connectivity index (χ2v) is 4.29. The number of nitrogens with zero attached hydrogens (tertiary/aromatic N) is 1. The predicted molar refractivity (Wildman–Crippen MR) is 61.0 cm³/mol. The maximum Gasteiger partial charge on any atom is 0.230 e. The highest BCUT2D eigenvalue weighted by Crippen LogP contribution is 2.31. The van der Waals surface area contributed by atoms with Gasteiger partial charge in [-0.25, -0.2) is 0 Å². The third kappa shape index (κ3) is 2.04. The molecule has 0 unspecified atom stereocenters. The third-order valence-electron chi connectivity index (χ3n) is 2.70. The quantitative estimate of drug-likeness (QED) is 0.568. The first-order chi connectivity index (χ1) is 7.95. The Morgan fingerprint density at radius 3 is 2.76 bits per heavy atom. The number of anilines is 1. The number of rotatable bonds is 1. The van der Waals surface area contributed by atoms with Crippen molar-refractivity contribution in [1.29, 1.82) is 0 Å². The van der Waals surface area contributed by atoms with Crippen LogP contribution in [0.1, 0.15) is 16.8 Å². The van der Waals surface area contributed by atoms with Crippen molar-refractivity contribution in [3.05, 3.63) is 28.8 Å². The van der Waals surface area contributed by atoms with Crippen LogP contribution >= 0.6 is 11.6 Å². The lowest BCUT2D eigenvalue weighted by molar-refractivity contribution is -0.124. The molecule has 0 saturated carbocycles. The van der Waals surface area contributed by atoms with E-state index >= 15 is 0 Å². The summed E-state index contributed by atoms with van der Waals surface area (Å²) >= 11 is 5.76. The minimum absolute atomic E-state index is 0.0344. The monoisotopic (exact) mass is 255 g/mol. The zero-order chi connectivity index (χ0) is 12.6. The van der Waals surface area contributed by atoms with Crippen molar-refractivity contribution in [2.24, 2.45) is 0 Å². The summed E-state index contributed by atoms with van der Waals surface area (Å²) in [4.78, 5) is 24.0. The molecule has 0 bridgehead atoms. The first-order valence-corrected chi connectivity index (χ1v) is 5.34. The van der Waals surface area contributed by atoms with Crippen molar-refractivity contribution in [2.45, 2.75) is 12.2 Å². The summed E-state index contributed by atoms with van der Waals surface area (Å²) in [7, 11) is 0. The molecule has 0 fully saturated rings. The van der Waals surface area contributed by atoms with Crippen molar-refractivity contribution in [3.8, 4) is 0 Å². The standard InChI is InChI=1S/C11H10ClNO4/c12-7-1-2-9-8(5-7)10(15)11(16,17)3-4-13(9)6-14/h1-2,5-6,16-17H,3-4H2. The number of amides is 1. The first kappa shape index (κ1) is 12.0. The molecule has 1 amide bonds. The maximum atomic E-state index is 11.9. The molecule has 0 spiro atoms. The van der Waals surface area contributed by atoms with Crippen molar-refractivity contribution < 1.29 is 19.8 Å². The topological polar surface area (TPSA) is 77.8 Å². The van der Waals surface area contributed by atoms with Gasteiger partial charge < -0.3 is 15.1 Å². The molecular weight excluding hydrogens is 246 g/mol. The lowest BCUT2D eigenvalue weighted by atomic mass is 10.0. The van der Waals surface area contributed by atoms with E-state index in [0.29, 0.717) is 17.1 Å². The van der Waals surface area contributed by atoms with Gasteiger partial charge in [-0.2, -0.15) is 0 Å². The van der Waals surface area contributed by atoms with Crippen LogP contribution in [0.2, 0.25) is 5.02 Å². The zero-order valence-corrected chi connectivity index (χ0v) is 9.52. The Labute approximate surface area is 102 Å². The van der Waals surface area contributed by atoms with Crippen molar-refractivity contribution in [1.82, 2.24) is 0 Å². The molecule has 0 saturated heterocycles. The van der Waals surface area contributed by atoms with Gasteiger partial charge in [0.15, 0.2) is 0 Å². The molecule has 1 aromatic rings. The van der Waals surface area contributed by atoms with E-state index in [4.69, 9.17) is 11.6 Å². The fourth-order valence-corrected chi connectivity index (χ4v) is 1.95. The molecule has 1 aliphatic rings. The molecule has 0 atom stereocenters. The molecule has 0 aliphatic carbocycles. The summed E-state index contributed by atoms with van der Waals surface area (Å²) in [6.45, 7) is 0.0525. The number of carbonyl (C=O) groups excluding carboxylic acids is 2. The van der Waals surface area contributed by atoms with Gasteiger partial charge in [-0.15, -0.1) is 0 Å². The highest BCUT2D eigenvalue weighted by Gasteiger charge is 2.39. The Hall–Kier alpha value is -1.43. The van der Waals surface area contributed by atoms with E-state index in [2.05, 4.69) is 0 Å². The van der Waals surface area contributed by atoms with Crippen LogP contribution < -0.4 is 4.90 Å². The van der Waals surface area contributed by atoms with Crippen LogP contribution in [0.3, 0.4) is 0 Å². The Balaban J connectivity index is 2.62. The Morgan fingerprint density at radius 1 is 1.41 bits per heavy atom. The van der Waals surface area contributed by atoms with E-state index in [-0.39, 0.29) is 18.5 Å². The number of aliphatic hydroxyl groups is 2. The normalized spacial score (nSPS) is 18.5. The highest BCUT2D eigenvalue weighted by atomic mass is 35.5. The summed E-state index contributed by atoms with van der Waals surface area (Å²) in [5, 5.41) is 19.5. The molecule has 5 nitrogen and oxygen atoms in total. The fourth-order valence-electron chi connectivity index (χ4n) is 1.78. The summed E-state index contributed by atoms with van der Waals surface area (Å²) < 4.78 is 0. The first-order valence-electron chi connectivity index (χ1n) is 4.97. The largest absolute Gasteiger partial charge is 0.359 e. The number of Topliss-reactive ketones (excluding diaryl/α,β-unsaturated/α-hetero) is 1. The lowest BCUT2D eigenvalue weighted by Gasteiger charge is -2.17. The zero-order valence-electron chi connectivity index (χ0n) is 8.76. The molecule has 2 rings (SSSR count). The van der Waals surface area contributed by atoms with Gasteiger partial charge in [0.25, 0.3) is 0 Å². The lowest BCUT2D eigenvalue weighted by Crippen LogP contribution is -2.38. The van der Waals surface area contributed by atoms with Gasteiger partial charge in [-0.1, -0.05) is 11.6 Å². The van der Waals surface area contributed by atoms with Gasteiger partial charge in [0.1, 0.15) is 0 Å². The number of hydrogen-bond acceptors (Lipinski definition) is 4. The summed E-state index contributed by atoms with van der Waals surface area (Å²) in [5.74, 6) is -3.31. The number of benzene rings is 1. The average Bonchev–Trinajstić information content (AvgIpc) is 2.38. The second-order valence-electron chi connectivity index (χ2n) is 3.86. The van der Waals surface area contributed by atoms with Crippen LogP contribution in [0.4, 0.5) is 5.69 Å². The number of ketones is 1. The van der Waals surface area contributed by atoms with Crippen LogP contribution in [0.25, 0.3) is 0 Å². The molecule has 17 heavy (non-hydrogen) atoms. The predicted octanol–water partition coefficient (Wildman–Crippen LogP) is 0.570. The number of carbonyl (C=O) groups is 2. The van der Waals surface area contributed by atoms with Crippen LogP contribution in [0.5, 0.6) is 0 Å². The summed E-state index contributed by atoms with van der Waals surface area (Å²) in [5.41, 5.74) is 0.367. The molecule has 1 heterocycles. The van der Waals surface area contributed by atoms with Gasteiger partial charge in [-0.3, -0.25) is 9.59 Å². The van der Waals surface area contributed by atoms with E-state index in [1.54, 1.807) is 0 Å². The molecule has 1 aromatic carbocycles. The van der Waals surface area contributed by atoms with Crippen molar-refractivity contribution in [2.75, 3.05) is 11.4 Å². The molecule has 0 aromatic heterocycles. The molecule has 2 N–H and O–H groups in total. The maximum absolute atomic E-state index is 11.9. The van der Waals surface area contributed by atoms with Gasteiger partial charge >= 0.3 is 0 Å². The van der Waals surface area contributed by atoms with Crippen LogP contribution in [-0.2, 0) is 4.79 Å². The summed E-state index contributed by atoms with van der Waals surface area (Å²) in [6, 6.07) is 4.36. The average molecular weight is 256 g/mol. The van der Waals surface area contributed by atoms with E-state index in [0.717, 1.165) is 0 Å². The van der Waals surface area contributed by atoms with E-state index in [1.807, 2.05) is 0 Å². The molecule has 6 heteroatoms. The second kappa shape index (κ2) is 4.10. The Bertz CT molecular complexity index is 486. The minimum Gasteiger partial charge on any atom is -0.359 e. The van der Waals surface area contributed by atoms with Gasteiger partial charge in [0.2, 0.25) is 18.0 Å². The SMILES string of the molecule is O=CN1CCC(O)(O)C(=O)c2cc(Cl)ccc21. The van der Waals surface area contributed by atoms with Crippen molar-refractivity contribution in [3.63, 3.8) is 0 Å². The smallest absolute Gasteiger partial charge is 0.230 e. The fraction of sp³-hybridized carbons (Fsp3) is 0.273. The van der Waals surface area contributed by atoms with E-state index in [9.17, 15) is 19.8 Å². The minimum atomic E-state index is -2.46. The Morgan fingerprint density at radius 2 is 2.12 bits per heavy atom. The number of halogens is 1. The third-order valence-corrected chi connectivity index (χ3v) is 2.94. The van der Waals surface area contributed by atoms with Crippen LogP contribution in [0.15, 0.2) is 18.2 Å². The highest BCUT2D eigenvalue weighted by molar-refractivity contribution is 6.31. The molecular formula is C11H10ClNO4. The molecule has 1 aliphatic heterocycles. The molecule has 0 radical (unpaired) electrons. The van der Waals surface area contributed by atoms with Crippen LogP contribution in [0, 0.1) is 0 Å². The van der Waals surface area contributed by atoms with Gasteiger partial charge in [0.05, 0.1) is 5.69 Å². The molecule has 90 valence electrons. The van der Waals surface area contributed by atoms with Crippen molar-refractivity contribution >= 4 is 29.5 Å².